The van der Waals surface area contributed by atoms with Crippen LogP contribution in [0.2, 0.25) is 0 Å². The van der Waals surface area contributed by atoms with Crippen molar-refractivity contribution >= 4 is 27.8 Å². The minimum Gasteiger partial charge on any atom is -0.389 e. The predicted octanol–water partition coefficient (Wildman–Crippen LogP) is 4.07. The molecule has 0 fully saturated rings. The van der Waals surface area contributed by atoms with Crippen molar-refractivity contribution < 1.29 is 18.3 Å². The number of halogens is 3. The summed E-state index contributed by atoms with van der Waals surface area (Å²) in [7, 11) is 0. The zero-order valence-electron chi connectivity index (χ0n) is 15.5. The normalized spacial score (nSPS) is 14.2. The van der Waals surface area contributed by atoms with E-state index in [9.17, 15) is 18.3 Å². The highest BCUT2D eigenvalue weighted by Crippen LogP contribution is 2.32. The molecule has 3 N–H and O–H groups in total. The Labute approximate surface area is 155 Å². The van der Waals surface area contributed by atoms with Crippen molar-refractivity contribution in [3.05, 3.63) is 30.1 Å². The molecule has 0 aliphatic rings. The van der Waals surface area contributed by atoms with E-state index in [1.165, 1.54) is 0 Å². The van der Waals surface area contributed by atoms with E-state index in [1.54, 1.807) is 18.4 Å². The Morgan fingerprint density at radius 3 is 2.48 bits per heavy atom. The summed E-state index contributed by atoms with van der Waals surface area (Å²) in [4.78, 5) is 8.85. The molecule has 1 aromatic carbocycles. The van der Waals surface area contributed by atoms with Crippen LogP contribution < -0.4 is 5.73 Å². The minimum atomic E-state index is -4.25. The molecular formula is C19H23F3N4O. The number of para-hydroxylation sites is 1. The number of alkyl halides is 3. The molecule has 3 aromatic rings. The topological polar surface area (TPSA) is 77.0 Å². The van der Waals surface area contributed by atoms with E-state index < -0.39 is 17.7 Å². The third kappa shape index (κ3) is 4.00. The third-order valence-corrected chi connectivity index (χ3v) is 4.59. The molecule has 1 unspecified atom stereocenters. The molecule has 0 spiro atoms. The Balaban J connectivity index is 2.16. The maximum absolute atomic E-state index is 12.9. The standard InChI is InChI=1S/C19H23F3N4O/c1-11(19(20,21)22)8-9-14-25-15-16(26(14)10-18(2,3)27)12-6-4-5-7-13(12)24-17(15)23/h4-7,11,27H,8-10H2,1-3H3,(H2,23,24). The Morgan fingerprint density at radius 1 is 1.19 bits per heavy atom. The van der Waals surface area contributed by atoms with Gasteiger partial charge in [0.15, 0.2) is 5.82 Å². The molecule has 2 heterocycles. The number of benzene rings is 1. The summed E-state index contributed by atoms with van der Waals surface area (Å²) in [6, 6.07) is 7.38. The molecule has 5 nitrogen and oxygen atoms in total. The average molecular weight is 380 g/mol. The van der Waals surface area contributed by atoms with Gasteiger partial charge in [0.25, 0.3) is 0 Å². The van der Waals surface area contributed by atoms with Gasteiger partial charge in [0.05, 0.1) is 29.1 Å². The molecule has 0 aliphatic heterocycles. The minimum absolute atomic E-state index is 0.0933. The number of fused-ring (bicyclic) bond motifs is 3. The molecule has 0 radical (unpaired) electrons. The smallest absolute Gasteiger partial charge is 0.389 e. The summed E-state index contributed by atoms with van der Waals surface area (Å²) in [5.41, 5.74) is 6.81. The van der Waals surface area contributed by atoms with E-state index in [0.29, 0.717) is 22.4 Å². The van der Waals surface area contributed by atoms with Crippen molar-refractivity contribution in [1.82, 2.24) is 14.5 Å². The fourth-order valence-electron chi connectivity index (χ4n) is 3.16. The van der Waals surface area contributed by atoms with Crippen LogP contribution in [0.3, 0.4) is 0 Å². The van der Waals surface area contributed by atoms with Crippen LogP contribution in [0.25, 0.3) is 21.9 Å². The van der Waals surface area contributed by atoms with E-state index in [0.717, 1.165) is 12.3 Å². The second-order valence-corrected chi connectivity index (χ2v) is 7.62. The van der Waals surface area contributed by atoms with Gasteiger partial charge in [0, 0.05) is 11.8 Å². The first-order valence-corrected chi connectivity index (χ1v) is 8.80. The van der Waals surface area contributed by atoms with E-state index in [-0.39, 0.29) is 25.2 Å². The van der Waals surface area contributed by atoms with E-state index >= 15 is 0 Å². The number of aryl methyl sites for hydroxylation is 1. The second-order valence-electron chi connectivity index (χ2n) is 7.62. The number of hydrogen-bond donors (Lipinski definition) is 2. The first-order valence-electron chi connectivity index (χ1n) is 8.80. The maximum Gasteiger partial charge on any atom is 0.391 e. The summed E-state index contributed by atoms with van der Waals surface area (Å²) < 4.78 is 40.5. The van der Waals surface area contributed by atoms with Crippen LogP contribution in [0.4, 0.5) is 19.0 Å². The number of nitrogens with zero attached hydrogens (tertiary/aromatic N) is 3. The number of nitrogen functional groups attached to an aromatic ring is 1. The van der Waals surface area contributed by atoms with Crippen molar-refractivity contribution in [1.29, 1.82) is 0 Å². The number of aromatic nitrogens is 3. The summed E-state index contributed by atoms with van der Waals surface area (Å²) >= 11 is 0. The first-order chi connectivity index (χ1) is 12.5. The molecule has 0 saturated heterocycles. The number of rotatable bonds is 5. The SMILES string of the molecule is CC(CCc1nc2c(N)nc3ccccc3c2n1CC(C)(C)O)C(F)(F)F. The van der Waals surface area contributed by atoms with E-state index in [1.807, 2.05) is 24.3 Å². The Bertz CT molecular complexity index is 973. The van der Waals surface area contributed by atoms with Gasteiger partial charge in [-0.1, -0.05) is 25.1 Å². The molecule has 1 atom stereocenters. The van der Waals surface area contributed by atoms with Crippen molar-refractivity contribution in [3.8, 4) is 0 Å². The average Bonchev–Trinajstić information content (AvgIpc) is 2.89. The lowest BCUT2D eigenvalue weighted by atomic mass is 10.0. The maximum atomic E-state index is 12.9. The lowest BCUT2D eigenvalue weighted by Crippen LogP contribution is -2.27. The number of aliphatic hydroxyl groups is 1. The number of hydrogen-bond acceptors (Lipinski definition) is 4. The van der Waals surface area contributed by atoms with Crippen molar-refractivity contribution in [3.63, 3.8) is 0 Å². The summed E-state index contributed by atoms with van der Waals surface area (Å²) in [5.74, 6) is -0.753. The van der Waals surface area contributed by atoms with Crippen LogP contribution >= 0.6 is 0 Å². The van der Waals surface area contributed by atoms with Gasteiger partial charge in [-0.2, -0.15) is 13.2 Å². The molecule has 0 aliphatic carbocycles. The van der Waals surface area contributed by atoms with Crippen LogP contribution in [0.15, 0.2) is 24.3 Å². The fourth-order valence-corrected chi connectivity index (χ4v) is 3.16. The largest absolute Gasteiger partial charge is 0.391 e. The highest BCUT2D eigenvalue weighted by molar-refractivity contribution is 6.06. The molecule has 3 rings (SSSR count). The van der Waals surface area contributed by atoms with Crippen molar-refractivity contribution in [2.75, 3.05) is 5.73 Å². The molecule has 146 valence electrons. The number of pyridine rings is 1. The van der Waals surface area contributed by atoms with Crippen LogP contribution in [0.1, 0.15) is 33.0 Å². The Morgan fingerprint density at radius 2 is 1.85 bits per heavy atom. The molecule has 0 bridgehead atoms. The van der Waals surface area contributed by atoms with E-state index in [2.05, 4.69) is 9.97 Å². The molecule has 27 heavy (non-hydrogen) atoms. The van der Waals surface area contributed by atoms with Gasteiger partial charge in [0.1, 0.15) is 11.3 Å². The molecule has 0 saturated carbocycles. The van der Waals surface area contributed by atoms with Crippen molar-refractivity contribution in [2.24, 2.45) is 5.92 Å². The van der Waals surface area contributed by atoms with Gasteiger partial charge < -0.3 is 15.4 Å². The van der Waals surface area contributed by atoms with Crippen LogP contribution in [-0.2, 0) is 13.0 Å². The quantitative estimate of drug-likeness (QED) is 0.700. The Hall–Kier alpha value is -2.35. The highest BCUT2D eigenvalue weighted by Gasteiger charge is 2.35. The summed E-state index contributed by atoms with van der Waals surface area (Å²) in [6.45, 7) is 4.64. The lowest BCUT2D eigenvalue weighted by molar-refractivity contribution is -0.171. The van der Waals surface area contributed by atoms with Gasteiger partial charge in [-0.15, -0.1) is 0 Å². The fraction of sp³-hybridized carbons (Fsp3) is 0.474. The second kappa shape index (κ2) is 6.67. The molecule has 2 aromatic heterocycles. The third-order valence-electron chi connectivity index (χ3n) is 4.59. The van der Waals surface area contributed by atoms with Gasteiger partial charge in [-0.3, -0.25) is 0 Å². The number of anilines is 1. The van der Waals surface area contributed by atoms with Gasteiger partial charge in [0.2, 0.25) is 0 Å². The lowest BCUT2D eigenvalue weighted by Gasteiger charge is -2.21. The number of imidazole rings is 1. The van der Waals surface area contributed by atoms with E-state index in [4.69, 9.17) is 5.73 Å². The monoisotopic (exact) mass is 380 g/mol. The highest BCUT2D eigenvalue weighted by atomic mass is 19.4. The zero-order valence-corrected chi connectivity index (χ0v) is 15.5. The van der Waals surface area contributed by atoms with Gasteiger partial charge in [-0.25, -0.2) is 9.97 Å². The first kappa shape index (κ1) is 19.4. The van der Waals surface area contributed by atoms with Crippen LogP contribution in [0, 0.1) is 5.92 Å². The predicted molar refractivity (Wildman–Crippen MR) is 99.3 cm³/mol. The molecular weight excluding hydrogens is 357 g/mol. The van der Waals surface area contributed by atoms with Gasteiger partial charge >= 0.3 is 6.18 Å². The van der Waals surface area contributed by atoms with Crippen LogP contribution in [-0.4, -0.2) is 31.4 Å². The number of nitrogens with two attached hydrogens (primary N) is 1. The molecule has 8 heteroatoms. The Kier molecular flexibility index (Phi) is 4.80. The summed E-state index contributed by atoms with van der Waals surface area (Å²) in [6.07, 6.45) is -4.22. The van der Waals surface area contributed by atoms with Gasteiger partial charge in [-0.05, 0) is 26.3 Å². The van der Waals surface area contributed by atoms with Crippen LogP contribution in [0.5, 0.6) is 0 Å². The van der Waals surface area contributed by atoms with Crippen molar-refractivity contribution in [2.45, 2.75) is 51.9 Å². The zero-order chi connectivity index (χ0) is 20.0. The molecule has 0 amide bonds. The summed E-state index contributed by atoms with van der Waals surface area (Å²) in [5, 5.41) is 11.1.